The molecule has 0 fully saturated rings. The number of hydrogen-bond donors (Lipinski definition) is 0. The first kappa shape index (κ1) is 14.5. The Bertz CT molecular complexity index is 278. The molecule has 0 unspecified atom stereocenters. The third-order valence-electron chi connectivity index (χ3n) is 1.48. The van der Waals surface area contributed by atoms with Gasteiger partial charge in [0.2, 0.25) is 0 Å². The molecule has 0 aliphatic carbocycles. The van der Waals surface area contributed by atoms with Crippen molar-refractivity contribution in [3.05, 3.63) is 11.8 Å². The third-order valence-corrected chi connectivity index (χ3v) is 1.48. The molecular weight excluding hydrogens is 210 g/mol. The maximum Gasteiger partial charge on any atom is 0.352 e. The number of hydrogen-bond acceptors (Lipinski definition) is 5. The highest BCUT2D eigenvalue weighted by Gasteiger charge is 2.10. The first-order valence-electron chi connectivity index (χ1n) is 5.12. The average molecular weight is 227 g/mol. The van der Waals surface area contributed by atoms with Crippen LogP contribution in [0.5, 0.6) is 0 Å². The molecule has 0 amide bonds. The van der Waals surface area contributed by atoms with Gasteiger partial charge in [-0.05, 0) is 20.8 Å². The molecule has 0 rings (SSSR count). The molecule has 0 saturated carbocycles. The van der Waals surface area contributed by atoms with Gasteiger partial charge in [0.15, 0.2) is 5.57 Å². The molecule has 0 aromatic rings. The summed E-state index contributed by atoms with van der Waals surface area (Å²) in [5.41, 5.74) is -0.147. The van der Waals surface area contributed by atoms with E-state index in [1.54, 1.807) is 13.0 Å². The second-order valence-electron chi connectivity index (χ2n) is 3.15. The van der Waals surface area contributed by atoms with Gasteiger partial charge in [-0.25, -0.2) is 4.79 Å². The molecule has 0 bridgehead atoms. The Hall–Kier alpha value is -1.54. The average Bonchev–Trinajstić information content (AvgIpc) is 2.25. The molecule has 0 aromatic carbocycles. The molecule has 0 aliphatic heterocycles. The quantitative estimate of drug-likeness (QED) is 0.216. The van der Waals surface area contributed by atoms with Gasteiger partial charge in [-0.3, -0.25) is 0 Å². The summed E-state index contributed by atoms with van der Waals surface area (Å²) in [5, 5.41) is 8.64. The molecule has 0 aromatic heterocycles. The predicted molar refractivity (Wildman–Crippen MR) is 57.4 cm³/mol. The molecule has 0 spiro atoms. The first-order valence-corrected chi connectivity index (χ1v) is 5.12. The number of carbonyl (C=O) groups is 1. The van der Waals surface area contributed by atoms with E-state index in [0.29, 0.717) is 13.2 Å². The zero-order chi connectivity index (χ0) is 12.4. The van der Waals surface area contributed by atoms with Crippen LogP contribution in [0.4, 0.5) is 0 Å². The van der Waals surface area contributed by atoms with Crippen LogP contribution >= 0.6 is 0 Å². The Balaban J connectivity index is 3.91. The monoisotopic (exact) mass is 227 g/mol. The maximum atomic E-state index is 11.3. The van der Waals surface area contributed by atoms with Gasteiger partial charge in [-0.15, -0.1) is 0 Å². The minimum atomic E-state index is -0.691. The Morgan fingerprint density at radius 1 is 1.44 bits per heavy atom. The van der Waals surface area contributed by atoms with Crippen molar-refractivity contribution in [2.75, 3.05) is 19.8 Å². The lowest BCUT2D eigenvalue weighted by atomic mass is 10.3. The number of esters is 1. The lowest BCUT2D eigenvalue weighted by molar-refractivity contribution is -0.140. The number of ether oxygens (including phenoxy) is 3. The zero-order valence-corrected chi connectivity index (χ0v) is 9.86. The zero-order valence-electron chi connectivity index (χ0n) is 9.86. The van der Waals surface area contributed by atoms with E-state index in [4.69, 9.17) is 19.5 Å². The number of rotatable bonds is 7. The Morgan fingerprint density at radius 2 is 2.12 bits per heavy atom. The minimum absolute atomic E-state index is 0.0908. The van der Waals surface area contributed by atoms with E-state index in [1.165, 1.54) is 0 Å². The van der Waals surface area contributed by atoms with E-state index in [9.17, 15) is 4.79 Å². The third kappa shape index (κ3) is 6.85. The van der Waals surface area contributed by atoms with Crippen molar-refractivity contribution < 1.29 is 19.0 Å². The van der Waals surface area contributed by atoms with E-state index >= 15 is 0 Å². The number of nitriles is 1. The summed E-state index contributed by atoms with van der Waals surface area (Å²) in [6.07, 6.45) is 1.19. The standard InChI is InChI=1S/C11H17NO4/c1-4-14-8-10(7-12)11(13)16-6-5-15-9(2)3/h8-9H,4-6H2,1-3H3. The van der Waals surface area contributed by atoms with Crippen LogP contribution in [0.2, 0.25) is 0 Å². The predicted octanol–water partition coefficient (Wildman–Crippen LogP) is 1.40. The van der Waals surface area contributed by atoms with Crippen LogP contribution in [0.15, 0.2) is 11.8 Å². The number of carbonyl (C=O) groups excluding carboxylic acids is 1. The molecular formula is C11H17NO4. The van der Waals surface area contributed by atoms with Crippen molar-refractivity contribution in [1.82, 2.24) is 0 Å². The van der Waals surface area contributed by atoms with E-state index in [2.05, 4.69) is 0 Å². The fraction of sp³-hybridized carbons (Fsp3) is 0.636. The molecule has 90 valence electrons. The van der Waals surface area contributed by atoms with Gasteiger partial charge in [-0.1, -0.05) is 0 Å². The van der Waals surface area contributed by atoms with E-state index in [-0.39, 0.29) is 18.3 Å². The summed E-state index contributed by atoms with van der Waals surface area (Å²) in [4.78, 5) is 11.3. The van der Waals surface area contributed by atoms with Gasteiger partial charge in [0, 0.05) is 0 Å². The van der Waals surface area contributed by atoms with Gasteiger partial charge in [0.05, 0.1) is 19.3 Å². The van der Waals surface area contributed by atoms with E-state index < -0.39 is 5.97 Å². The molecule has 0 saturated heterocycles. The van der Waals surface area contributed by atoms with Crippen LogP contribution in [0, 0.1) is 11.3 Å². The molecule has 0 radical (unpaired) electrons. The molecule has 5 nitrogen and oxygen atoms in total. The van der Waals surface area contributed by atoms with Crippen molar-refractivity contribution in [1.29, 1.82) is 5.26 Å². The minimum Gasteiger partial charge on any atom is -0.500 e. The van der Waals surface area contributed by atoms with Crippen LogP contribution in [-0.2, 0) is 19.0 Å². The highest BCUT2D eigenvalue weighted by Crippen LogP contribution is 1.98. The molecule has 0 heterocycles. The second kappa shape index (κ2) is 8.74. The normalized spacial score (nSPS) is 11.1. The van der Waals surface area contributed by atoms with E-state index in [0.717, 1.165) is 6.26 Å². The maximum absolute atomic E-state index is 11.3. The van der Waals surface area contributed by atoms with Crippen LogP contribution in [0.3, 0.4) is 0 Å². The van der Waals surface area contributed by atoms with Crippen molar-refractivity contribution in [3.8, 4) is 6.07 Å². The van der Waals surface area contributed by atoms with Crippen LogP contribution < -0.4 is 0 Å². The first-order chi connectivity index (χ1) is 7.61. The van der Waals surface area contributed by atoms with Crippen molar-refractivity contribution >= 4 is 5.97 Å². The summed E-state index contributed by atoms with van der Waals surface area (Å²) in [5.74, 6) is -0.691. The van der Waals surface area contributed by atoms with Gasteiger partial charge in [0.25, 0.3) is 0 Å². The van der Waals surface area contributed by atoms with Gasteiger partial charge in [0.1, 0.15) is 18.9 Å². The molecule has 5 heteroatoms. The highest BCUT2D eigenvalue weighted by atomic mass is 16.6. The lowest BCUT2D eigenvalue weighted by Crippen LogP contribution is -2.14. The summed E-state index contributed by atoms with van der Waals surface area (Å²) in [6.45, 7) is 6.37. The Kier molecular flexibility index (Phi) is 7.90. The molecule has 0 aliphatic rings. The Morgan fingerprint density at radius 3 is 2.62 bits per heavy atom. The van der Waals surface area contributed by atoms with Crippen LogP contribution in [0.25, 0.3) is 0 Å². The van der Waals surface area contributed by atoms with Gasteiger partial charge < -0.3 is 14.2 Å². The number of nitrogens with zero attached hydrogens (tertiary/aromatic N) is 1. The van der Waals surface area contributed by atoms with Gasteiger partial charge >= 0.3 is 5.97 Å². The van der Waals surface area contributed by atoms with Crippen molar-refractivity contribution in [2.45, 2.75) is 26.9 Å². The van der Waals surface area contributed by atoms with Crippen molar-refractivity contribution in [3.63, 3.8) is 0 Å². The van der Waals surface area contributed by atoms with Gasteiger partial charge in [-0.2, -0.15) is 5.26 Å². The second-order valence-corrected chi connectivity index (χ2v) is 3.15. The molecule has 0 N–H and O–H groups in total. The fourth-order valence-corrected chi connectivity index (χ4v) is 0.783. The van der Waals surface area contributed by atoms with Crippen molar-refractivity contribution in [2.24, 2.45) is 0 Å². The Labute approximate surface area is 95.6 Å². The summed E-state index contributed by atoms with van der Waals surface area (Å²) >= 11 is 0. The topological polar surface area (TPSA) is 68.5 Å². The lowest BCUT2D eigenvalue weighted by Gasteiger charge is -2.07. The molecule has 16 heavy (non-hydrogen) atoms. The van der Waals surface area contributed by atoms with Crippen LogP contribution in [-0.4, -0.2) is 31.9 Å². The summed E-state index contributed by atoms with van der Waals surface area (Å²) in [7, 11) is 0. The highest BCUT2D eigenvalue weighted by molar-refractivity contribution is 5.92. The smallest absolute Gasteiger partial charge is 0.352 e. The largest absolute Gasteiger partial charge is 0.500 e. The summed E-state index contributed by atoms with van der Waals surface area (Å²) < 4.78 is 14.8. The summed E-state index contributed by atoms with van der Waals surface area (Å²) in [6, 6.07) is 1.71. The van der Waals surface area contributed by atoms with Crippen LogP contribution in [0.1, 0.15) is 20.8 Å². The molecule has 0 atom stereocenters. The fourth-order valence-electron chi connectivity index (χ4n) is 0.783. The SMILES string of the molecule is CCOC=C(C#N)C(=O)OCCOC(C)C. The van der Waals surface area contributed by atoms with E-state index in [1.807, 2.05) is 13.8 Å².